The predicted octanol–water partition coefficient (Wildman–Crippen LogP) is 3.96. The zero-order chi connectivity index (χ0) is 18.0. The quantitative estimate of drug-likeness (QED) is 0.722. The molecule has 5 nitrogen and oxygen atoms in total. The third-order valence-corrected chi connectivity index (χ3v) is 6.42. The molecule has 0 bridgehead atoms. The Balaban J connectivity index is 1.72. The number of anilines is 1. The molecule has 1 aliphatic heterocycles. The van der Waals surface area contributed by atoms with E-state index in [1.54, 1.807) is 18.2 Å². The molecule has 2 heterocycles. The summed E-state index contributed by atoms with van der Waals surface area (Å²) in [6, 6.07) is 5.08. The van der Waals surface area contributed by atoms with E-state index < -0.39 is 5.91 Å². The number of hydrogen-bond donors (Lipinski definition) is 2. The Kier molecular flexibility index (Phi) is 5.91. The van der Waals surface area contributed by atoms with E-state index in [-0.39, 0.29) is 11.7 Å². The van der Waals surface area contributed by atoms with E-state index in [0.717, 1.165) is 15.3 Å². The first kappa shape index (κ1) is 18.5. The Labute approximate surface area is 162 Å². The minimum atomic E-state index is -0.541. The first-order valence-corrected chi connectivity index (χ1v) is 9.91. The fourth-order valence-electron chi connectivity index (χ4n) is 2.47. The largest absolute Gasteiger partial charge is 0.376 e. The Morgan fingerprint density at radius 1 is 1.36 bits per heavy atom. The second kappa shape index (κ2) is 7.97. The number of thiophene rings is 1. The van der Waals surface area contributed by atoms with Crippen LogP contribution < -0.4 is 11.1 Å². The lowest BCUT2D eigenvalue weighted by Crippen LogP contribution is -2.20. The normalized spacial score (nSPS) is 13.4. The average Bonchev–Trinajstić information content (AvgIpc) is 2.93. The van der Waals surface area contributed by atoms with Crippen molar-refractivity contribution in [2.45, 2.75) is 17.9 Å². The highest BCUT2D eigenvalue weighted by atomic mass is 35.5. The van der Waals surface area contributed by atoms with Gasteiger partial charge in [0.25, 0.3) is 5.91 Å². The number of nitrogens with one attached hydrogen (secondary N) is 1. The van der Waals surface area contributed by atoms with Crippen LogP contribution in [0.5, 0.6) is 0 Å². The minimum Gasteiger partial charge on any atom is -0.376 e. The van der Waals surface area contributed by atoms with Crippen LogP contribution in [0, 0.1) is 0 Å². The summed E-state index contributed by atoms with van der Waals surface area (Å²) in [4.78, 5) is 25.7. The van der Waals surface area contributed by atoms with Crippen molar-refractivity contribution in [3.63, 3.8) is 0 Å². The number of carbonyl (C=O) groups is 2. The molecule has 2 amide bonds. The fraction of sp³-hybridized carbons (Fsp3) is 0.250. The summed E-state index contributed by atoms with van der Waals surface area (Å²) in [6.45, 7) is 0.976. The number of carbonyl (C=O) groups excluding carboxylic acids is 2. The van der Waals surface area contributed by atoms with Gasteiger partial charge in [-0.2, -0.15) is 0 Å². The van der Waals surface area contributed by atoms with Crippen LogP contribution in [0.2, 0.25) is 10.0 Å². The van der Waals surface area contributed by atoms with Crippen LogP contribution in [0.25, 0.3) is 0 Å². The van der Waals surface area contributed by atoms with E-state index in [1.807, 2.05) is 0 Å². The molecule has 3 N–H and O–H groups in total. The van der Waals surface area contributed by atoms with Crippen molar-refractivity contribution in [2.24, 2.45) is 5.73 Å². The van der Waals surface area contributed by atoms with Crippen LogP contribution in [0.3, 0.4) is 0 Å². The number of benzene rings is 1. The van der Waals surface area contributed by atoms with E-state index in [4.69, 9.17) is 33.7 Å². The van der Waals surface area contributed by atoms with Gasteiger partial charge in [0.05, 0.1) is 29.6 Å². The van der Waals surface area contributed by atoms with Crippen LogP contribution in [0.15, 0.2) is 23.1 Å². The van der Waals surface area contributed by atoms with Crippen LogP contribution >= 0.6 is 46.3 Å². The highest BCUT2D eigenvalue weighted by Gasteiger charge is 2.25. The summed E-state index contributed by atoms with van der Waals surface area (Å²) in [5, 5.41) is 4.34. The van der Waals surface area contributed by atoms with E-state index in [0.29, 0.717) is 40.2 Å². The van der Waals surface area contributed by atoms with Gasteiger partial charge < -0.3 is 15.8 Å². The number of ether oxygens (including phenoxy) is 1. The van der Waals surface area contributed by atoms with Crippen molar-refractivity contribution in [3.8, 4) is 0 Å². The van der Waals surface area contributed by atoms with Crippen LogP contribution in [0.4, 0.5) is 5.00 Å². The number of fused-ring (bicyclic) bond motifs is 1. The average molecular weight is 417 g/mol. The molecular formula is C16H14Cl2N2O3S2. The summed E-state index contributed by atoms with van der Waals surface area (Å²) in [6.07, 6.45) is 0.618. The molecule has 25 heavy (non-hydrogen) atoms. The minimum absolute atomic E-state index is 0.136. The van der Waals surface area contributed by atoms with Gasteiger partial charge in [0.1, 0.15) is 5.00 Å². The molecule has 2 aromatic rings. The molecule has 0 saturated carbocycles. The topological polar surface area (TPSA) is 81.4 Å². The maximum absolute atomic E-state index is 12.3. The Morgan fingerprint density at radius 2 is 2.16 bits per heavy atom. The molecule has 9 heteroatoms. The zero-order valence-electron chi connectivity index (χ0n) is 12.9. The number of hydrogen-bond acceptors (Lipinski definition) is 5. The molecule has 0 saturated heterocycles. The first-order valence-electron chi connectivity index (χ1n) is 7.35. The van der Waals surface area contributed by atoms with Gasteiger partial charge in [-0.15, -0.1) is 23.1 Å². The highest BCUT2D eigenvalue weighted by molar-refractivity contribution is 8.00. The van der Waals surface area contributed by atoms with Gasteiger partial charge in [0, 0.05) is 14.8 Å². The molecule has 132 valence electrons. The monoisotopic (exact) mass is 416 g/mol. The standard InChI is InChI=1S/C16H14Cl2N2O3S2/c17-8-1-2-10(18)11(5-8)24-7-13(21)20-16-14(15(19)22)9-3-4-23-6-12(9)25-16/h1-2,5H,3-4,6-7H2,(H2,19,22)(H,20,21). The van der Waals surface area contributed by atoms with Crippen molar-refractivity contribution in [3.05, 3.63) is 44.2 Å². The van der Waals surface area contributed by atoms with E-state index in [9.17, 15) is 9.59 Å². The fourth-order valence-corrected chi connectivity index (χ4v) is 4.97. The van der Waals surface area contributed by atoms with Crippen molar-refractivity contribution < 1.29 is 14.3 Å². The SMILES string of the molecule is NC(=O)c1c(NC(=O)CSc2cc(Cl)ccc2Cl)sc2c1CCOC2. The maximum Gasteiger partial charge on any atom is 0.251 e. The number of thioether (sulfide) groups is 1. The van der Waals surface area contributed by atoms with Gasteiger partial charge in [0.2, 0.25) is 5.91 Å². The van der Waals surface area contributed by atoms with Gasteiger partial charge in [-0.3, -0.25) is 9.59 Å². The van der Waals surface area contributed by atoms with Crippen molar-refractivity contribution in [1.29, 1.82) is 0 Å². The number of amides is 2. The maximum atomic E-state index is 12.3. The molecule has 0 aliphatic carbocycles. The number of halogens is 2. The molecule has 0 radical (unpaired) electrons. The van der Waals surface area contributed by atoms with Crippen molar-refractivity contribution >= 4 is 63.1 Å². The molecule has 0 unspecified atom stereocenters. The van der Waals surface area contributed by atoms with Gasteiger partial charge in [-0.05, 0) is 30.2 Å². The molecule has 0 atom stereocenters. The Morgan fingerprint density at radius 3 is 2.92 bits per heavy atom. The highest BCUT2D eigenvalue weighted by Crippen LogP contribution is 2.36. The van der Waals surface area contributed by atoms with Crippen molar-refractivity contribution in [2.75, 3.05) is 17.7 Å². The molecule has 1 aromatic heterocycles. The summed E-state index contributed by atoms with van der Waals surface area (Å²) in [7, 11) is 0. The molecular weight excluding hydrogens is 403 g/mol. The summed E-state index contributed by atoms with van der Waals surface area (Å²) >= 11 is 14.6. The predicted molar refractivity (Wildman–Crippen MR) is 102 cm³/mol. The summed E-state index contributed by atoms with van der Waals surface area (Å²) < 4.78 is 5.39. The zero-order valence-corrected chi connectivity index (χ0v) is 16.1. The second-order valence-electron chi connectivity index (χ2n) is 5.29. The summed E-state index contributed by atoms with van der Waals surface area (Å²) in [5.41, 5.74) is 6.77. The Hall–Kier alpha value is -1.25. The third kappa shape index (κ3) is 4.30. The number of rotatable bonds is 5. The van der Waals surface area contributed by atoms with Crippen LogP contribution in [0.1, 0.15) is 20.8 Å². The van der Waals surface area contributed by atoms with E-state index >= 15 is 0 Å². The van der Waals surface area contributed by atoms with Crippen LogP contribution in [-0.2, 0) is 22.6 Å². The smallest absolute Gasteiger partial charge is 0.251 e. The molecule has 1 aliphatic rings. The third-order valence-electron chi connectivity index (χ3n) is 3.57. The lowest BCUT2D eigenvalue weighted by Gasteiger charge is -2.12. The van der Waals surface area contributed by atoms with Gasteiger partial charge in [-0.1, -0.05) is 23.2 Å². The van der Waals surface area contributed by atoms with Gasteiger partial charge in [0.15, 0.2) is 0 Å². The van der Waals surface area contributed by atoms with Gasteiger partial charge >= 0.3 is 0 Å². The Bertz CT molecular complexity index is 839. The molecule has 0 spiro atoms. The van der Waals surface area contributed by atoms with Crippen molar-refractivity contribution in [1.82, 2.24) is 0 Å². The number of nitrogens with two attached hydrogens (primary N) is 1. The summed E-state index contributed by atoms with van der Waals surface area (Å²) in [5.74, 6) is -0.652. The second-order valence-corrected chi connectivity index (χ2v) is 8.25. The lowest BCUT2D eigenvalue weighted by atomic mass is 10.1. The lowest BCUT2D eigenvalue weighted by molar-refractivity contribution is -0.113. The first-order chi connectivity index (χ1) is 12.0. The van der Waals surface area contributed by atoms with E-state index in [2.05, 4.69) is 5.32 Å². The van der Waals surface area contributed by atoms with Gasteiger partial charge in [-0.25, -0.2) is 0 Å². The molecule has 1 aromatic carbocycles. The molecule has 0 fully saturated rings. The number of primary amides is 1. The van der Waals surface area contributed by atoms with E-state index in [1.165, 1.54) is 23.1 Å². The van der Waals surface area contributed by atoms with Crippen LogP contribution in [-0.4, -0.2) is 24.2 Å². The molecule has 3 rings (SSSR count).